The molecule has 0 saturated carbocycles. The van der Waals surface area contributed by atoms with Gasteiger partial charge in [0.05, 0.1) is 11.3 Å². The first-order valence-electron chi connectivity index (χ1n) is 8.52. The molecular formula is C20H21N3O3. The quantitative estimate of drug-likeness (QED) is 0.791. The number of nitrogens with one attached hydrogen (secondary N) is 3. The number of benzene rings is 2. The number of hydrogen-bond acceptors (Lipinski definition) is 3. The highest BCUT2D eigenvalue weighted by Gasteiger charge is 2.27. The molecule has 1 aliphatic rings. The summed E-state index contributed by atoms with van der Waals surface area (Å²) in [6, 6.07) is 11.9. The van der Waals surface area contributed by atoms with Gasteiger partial charge in [-0.3, -0.25) is 14.4 Å². The van der Waals surface area contributed by atoms with E-state index in [1.807, 2.05) is 32.0 Å². The molecule has 3 amide bonds. The molecule has 134 valence electrons. The third kappa shape index (κ3) is 3.91. The van der Waals surface area contributed by atoms with Crippen molar-refractivity contribution < 1.29 is 14.4 Å². The lowest BCUT2D eigenvalue weighted by atomic mass is 10.1. The molecule has 3 N–H and O–H groups in total. The first kappa shape index (κ1) is 17.7. The van der Waals surface area contributed by atoms with Crippen LogP contribution < -0.4 is 16.0 Å². The van der Waals surface area contributed by atoms with E-state index in [0.717, 1.165) is 16.8 Å². The Kier molecular flexibility index (Phi) is 5.02. The van der Waals surface area contributed by atoms with E-state index in [1.165, 1.54) is 0 Å². The highest BCUT2D eigenvalue weighted by molar-refractivity contribution is 6.10. The zero-order valence-electron chi connectivity index (χ0n) is 14.8. The molecule has 0 aliphatic carbocycles. The monoisotopic (exact) mass is 351 g/mol. The van der Waals surface area contributed by atoms with E-state index >= 15 is 0 Å². The van der Waals surface area contributed by atoms with E-state index in [0.29, 0.717) is 11.3 Å². The first-order valence-corrected chi connectivity index (χ1v) is 8.52. The first-order chi connectivity index (χ1) is 12.4. The van der Waals surface area contributed by atoms with Crippen LogP contribution in [0.4, 0.5) is 11.4 Å². The van der Waals surface area contributed by atoms with E-state index in [4.69, 9.17) is 0 Å². The molecule has 0 fully saturated rings. The Morgan fingerprint density at radius 2 is 1.88 bits per heavy atom. The molecule has 0 saturated heterocycles. The van der Waals surface area contributed by atoms with Gasteiger partial charge in [-0.2, -0.15) is 0 Å². The maximum Gasteiger partial charge on any atom is 0.254 e. The van der Waals surface area contributed by atoms with Gasteiger partial charge in [0.15, 0.2) is 0 Å². The van der Waals surface area contributed by atoms with Crippen LogP contribution in [0.5, 0.6) is 0 Å². The third-order valence-corrected chi connectivity index (χ3v) is 4.37. The molecule has 1 heterocycles. The number of rotatable bonds is 4. The van der Waals surface area contributed by atoms with E-state index in [-0.39, 0.29) is 30.6 Å². The fourth-order valence-electron chi connectivity index (χ4n) is 2.96. The molecule has 6 nitrogen and oxygen atoms in total. The average molecular weight is 351 g/mol. The maximum absolute atomic E-state index is 12.3. The van der Waals surface area contributed by atoms with Crippen LogP contribution in [0.1, 0.15) is 34.3 Å². The topological polar surface area (TPSA) is 87.3 Å². The van der Waals surface area contributed by atoms with Gasteiger partial charge in [0, 0.05) is 12.1 Å². The van der Waals surface area contributed by atoms with Gasteiger partial charge >= 0.3 is 0 Å². The highest BCUT2D eigenvalue weighted by Crippen LogP contribution is 2.20. The van der Waals surface area contributed by atoms with Crippen molar-refractivity contribution in [2.45, 2.75) is 32.7 Å². The number of fused-ring (bicyclic) bond motifs is 1. The summed E-state index contributed by atoms with van der Waals surface area (Å²) in [6.45, 7) is 3.92. The van der Waals surface area contributed by atoms with Crippen molar-refractivity contribution in [2.24, 2.45) is 0 Å². The maximum atomic E-state index is 12.3. The number of carbonyl (C=O) groups excluding carboxylic acids is 3. The van der Waals surface area contributed by atoms with Gasteiger partial charge in [-0.1, -0.05) is 29.8 Å². The Morgan fingerprint density at radius 1 is 1.12 bits per heavy atom. The van der Waals surface area contributed by atoms with Gasteiger partial charge in [-0.05, 0) is 44.0 Å². The van der Waals surface area contributed by atoms with Crippen molar-refractivity contribution in [2.75, 3.05) is 10.6 Å². The minimum Gasteiger partial charge on any atom is -0.340 e. The summed E-state index contributed by atoms with van der Waals surface area (Å²) in [6.07, 6.45) is 0.352. The number of hydrogen-bond donors (Lipinski definition) is 3. The smallest absolute Gasteiger partial charge is 0.254 e. The summed E-state index contributed by atoms with van der Waals surface area (Å²) in [5, 5.41) is 8.28. The van der Waals surface area contributed by atoms with Crippen LogP contribution in [-0.2, 0) is 9.59 Å². The number of amides is 3. The Labute approximate surface area is 152 Å². The molecule has 3 rings (SSSR count). The summed E-state index contributed by atoms with van der Waals surface area (Å²) >= 11 is 0. The van der Waals surface area contributed by atoms with Crippen LogP contribution in [0, 0.1) is 13.8 Å². The molecular weight excluding hydrogens is 330 g/mol. The molecule has 6 heteroatoms. The van der Waals surface area contributed by atoms with E-state index in [1.54, 1.807) is 24.3 Å². The molecule has 1 unspecified atom stereocenters. The lowest BCUT2D eigenvalue weighted by Gasteiger charge is -2.15. The SMILES string of the molecule is Cc1ccc(NC(=O)CCC2NC(=O)c3ccccc3NC2=O)c(C)c1. The number of aryl methyl sites for hydroxylation is 2. The van der Waals surface area contributed by atoms with Gasteiger partial charge in [-0.15, -0.1) is 0 Å². The summed E-state index contributed by atoms with van der Waals surface area (Å²) in [7, 11) is 0. The lowest BCUT2D eigenvalue weighted by Crippen LogP contribution is -2.41. The second-order valence-corrected chi connectivity index (χ2v) is 6.47. The van der Waals surface area contributed by atoms with Crippen molar-refractivity contribution in [1.29, 1.82) is 0 Å². The van der Waals surface area contributed by atoms with Crippen LogP contribution in [0.3, 0.4) is 0 Å². The minimum absolute atomic E-state index is 0.127. The van der Waals surface area contributed by atoms with E-state index in [2.05, 4.69) is 16.0 Å². The van der Waals surface area contributed by atoms with Crippen LogP contribution >= 0.6 is 0 Å². The summed E-state index contributed by atoms with van der Waals surface area (Å²) < 4.78 is 0. The summed E-state index contributed by atoms with van der Waals surface area (Å²) in [4.78, 5) is 36.8. The largest absolute Gasteiger partial charge is 0.340 e. The predicted octanol–water partition coefficient (Wildman–Crippen LogP) is 2.77. The molecule has 0 radical (unpaired) electrons. The van der Waals surface area contributed by atoms with E-state index < -0.39 is 6.04 Å². The molecule has 0 aromatic heterocycles. The Balaban J connectivity index is 1.61. The van der Waals surface area contributed by atoms with Crippen LogP contribution in [0.15, 0.2) is 42.5 Å². The van der Waals surface area contributed by atoms with Crippen molar-refractivity contribution in [1.82, 2.24) is 5.32 Å². The number of para-hydroxylation sites is 1. The lowest BCUT2D eigenvalue weighted by molar-refractivity contribution is -0.118. The molecule has 1 aliphatic heterocycles. The zero-order valence-corrected chi connectivity index (χ0v) is 14.8. The molecule has 2 aromatic carbocycles. The number of carbonyl (C=O) groups is 3. The van der Waals surface area contributed by atoms with Crippen LogP contribution in [-0.4, -0.2) is 23.8 Å². The predicted molar refractivity (Wildman–Crippen MR) is 100 cm³/mol. The molecule has 2 aromatic rings. The Hall–Kier alpha value is -3.15. The van der Waals surface area contributed by atoms with Gasteiger partial charge in [0.2, 0.25) is 11.8 Å². The molecule has 26 heavy (non-hydrogen) atoms. The average Bonchev–Trinajstić information content (AvgIpc) is 2.72. The molecule has 0 bridgehead atoms. The Morgan fingerprint density at radius 3 is 2.65 bits per heavy atom. The van der Waals surface area contributed by atoms with E-state index in [9.17, 15) is 14.4 Å². The van der Waals surface area contributed by atoms with Gasteiger partial charge in [0.1, 0.15) is 6.04 Å². The van der Waals surface area contributed by atoms with Crippen molar-refractivity contribution in [3.63, 3.8) is 0 Å². The second-order valence-electron chi connectivity index (χ2n) is 6.47. The van der Waals surface area contributed by atoms with Gasteiger partial charge in [-0.25, -0.2) is 0 Å². The zero-order chi connectivity index (χ0) is 18.7. The standard InChI is InChI=1S/C20H21N3O3/c1-12-7-8-15(13(2)11-12)21-18(24)10-9-17-20(26)22-16-6-4-3-5-14(16)19(25)23-17/h3-8,11,17H,9-10H2,1-2H3,(H,21,24)(H,22,26)(H,23,25). The second kappa shape index (κ2) is 7.39. The van der Waals surface area contributed by atoms with Crippen LogP contribution in [0.25, 0.3) is 0 Å². The fourth-order valence-corrected chi connectivity index (χ4v) is 2.96. The highest BCUT2D eigenvalue weighted by atomic mass is 16.2. The van der Waals surface area contributed by atoms with Crippen LogP contribution in [0.2, 0.25) is 0 Å². The fraction of sp³-hybridized carbons (Fsp3) is 0.250. The minimum atomic E-state index is -0.750. The molecule has 0 spiro atoms. The number of anilines is 2. The summed E-state index contributed by atoms with van der Waals surface area (Å²) in [5.41, 5.74) is 3.76. The Bertz CT molecular complexity index is 876. The van der Waals surface area contributed by atoms with Crippen molar-refractivity contribution in [3.8, 4) is 0 Å². The summed E-state index contributed by atoms with van der Waals surface area (Å²) in [5.74, 6) is -0.831. The third-order valence-electron chi connectivity index (χ3n) is 4.37. The van der Waals surface area contributed by atoms with Crippen molar-refractivity contribution >= 4 is 29.1 Å². The van der Waals surface area contributed by atoms with Gasteiger partial charge in [0.25, 0.3) is 5.91 Å². The molecule has 1 atom stereocenters. The van der Waals surface area contributed by atoms with Crippen molar-refractivity contribution in [3.05, 3.63) is 59.2 Å². The normalized spacial score (nSPS) is 16.2. The van der Waals surface area contributed by atoms with Gasteiger partial charge < -0.3 is 16.0 Å².